The van der Waals surface area contributed by atoms with Crippen LogP contribution in [0.4, 0.5) is 0 Å². The number of hydrogen-bond acceptors (Lipinski definition) is 2. The maximum absolute atomic E-state index is 10.2. The van der Waals surface area contributed by atoms with Crippen molar-refractivity contribution >= 4 is 5.97 Å². The quantitative estimate of drug-likeness (QED) is 0.760. The van der Waals surface area contributed by atoms with Crippen LogP contribution in [0.1, 0.15) is 24.2 Å². The van der Waals surface area contributed by atoms with Gasteiger partial charge >= 0.3 is 5.97 Å². The second-order valence-electron chi connectivity index (χ2n) is 3.25. The molecule has 0 spiro atoms. The zero-order valence-corrected chi connectivity index (χ0v) is 8.47. The third-order valence-corrected chi connectivity index (χ3v) is 1.39. The predicted molar refractivity (Wildman–Crippen MR) is 55.3 cm³/mol. The third kappa shape index (κ3) is 6.20. The van der Waals surface area contributed by atoms with Gasteiger partial charge in [-0.05, 0) is 18.1 Å². The van der Waals surface area contributed by atoms with E-state index in [0.717, 1.165) is 0 Å². The number of carboxylic acid groups (broad SMARTS) is 1. The highest BCUT2D eigenvalue weighted by Gasteiger charge is 1.96. The van der Waals surface area contributed by atoms with E-state index in [4.69, 9.17) is 10.2 Å². The average Bonchev–Trinajstić information content (AvgIpc) is 2.20. The van der Waals surface area contributed by atoms with Crippen molar-refractivity contribution in [1.29, 1.82) is 0 Å². The Kier molecular flexibility index (Phi) is 6.41. The SMILES string of the molecule is CC(C)CO.O=C(O)c1ccccc1. The van der Waals surface area contributed by atoms with Crippen molar-refractivity contribution < 1.29 is 15.0 Å². The van der Waals surface area contributed by atoms with Gasteiger partial charge in [0.2, 0.25) is 0 Å². The Labute approximate surface area is 84.0 Å². The minimum absolute atomic E-state index is 0.306. The average molecular weight is 196 g/mol. The Bertz CT molecular complexity index is 254. The smallest absolute Gasteiger partial charge is 0.335 e. The molecule has 0 aliphatic heterocycles. The summed E-state index contributed by atoms with van der Waals surface area (Å²) >= 11 is 0. The summed E-state index contributed by atoms with van der Waals surface area (Å²) in [6.07, 6.45) is 0. The molecule has 3 heteroatoms. The second kappa shape index (κ2) is 7.09. The van der Waals surface area contributed by atoms with Gasteiger partial charge in [-0.3, -0.25) is 0 Å². The molecular formula is C11H16O3. The zero-order valence-electron chi connectivity index (χ0n) is 8.47. The van der Waals surface area contributed by atoms with E-state index in [1.54, 1.807) is 30.3 Å². The molecule has 0 radical (unpaired) electrons. The molecule has 0 unspecified atom stereocenters. The number of carbonyl (C=O) groups is 1. The first-order valence-corrected chi connectivity index (χ1v) is 4.47. The molecule has 78 valence electrons. The van der Waals surface area contributed by atoms with Crippen molar-refractivity contribution in [3.05, 3.63) is 35.9 Å². The summed E-state index contributed by atoms with van der Waals surface area (Å²) in [5, 5.41) is 16.5. The van der Waals surface area contributed by atoms with Crippen LogP contribution in [0.2, 0.25) is 0 Å². The lowest BCUT2D eigenvalue weighted by Gasteiger charge is -1.90. The Morgan fingerprint density at radius 3 is 1.93 bits per heavy atom. The topological polar surface area (TPSA) is 57.5 Å². The zero-order chi connectivity index (χ0) is 11.0. The van der Waals surface area contributed by atoms with Gasteiger partial charge in [0.25, 0.3) is 0 Å². The van der Waals surface area contributed by atoms with E-state index >= 15 is 0 Å². The summed E-state index contributed by atoms with van der Waals surface area (Å²) in [4.78, 5) is 10.2. The maximum Gasteiger partial charge on any atom is 0.335 e. The minimum Gasteiger partial charge on any atom is -0.478 e. The van der Waals surface area contributed by atoms with Crippen molar-refractivity contribution in [3.63, 3.8) is 0 Å². The Balaban J connectivity index is 0.000000292. The standard InChI is InChI=1S/C7H6O2.C4H10O/c8-7(9)6-4-2-1-3-5-6;1-4(2)3-5/h1-5H,(H,8,9);4-5H,3H2,1-2H3. The van der Waals surface area contributed by atoms with Gasteiger partial charge in [-0.15, -0.1) is 0 Å². The van der Waals surface area contributed by atoms with Crippen LogP contribution in [0.15, 0.2) is 30.3 Å². The monoisotopic (exact) mass is 196 g/mol. The van der Waals surface area contributed by atoms with E-state index in [1.165, 1.54) is 0 Å². The van der Waals surface area contributed by atoms with Crippen LogP contribution >= 0.6 is 0 Å². The van der Waals surface area contributed by atoms with E-state index in [9.17, 15) is 4.79 Å². The van der Waals surface area contributed by atoms with Crippen LogP contribution in [0, 0.1) is 5.92 Å². The molecule has 0 aromatic heterocycles. The van der Waals surface area contributed by atoms with Crippen LogP contribution in [-0.4, -0.2) is 22.8 Å². The maximum atomic E-state index is 10.2. The van der Waals surface area contributed by atoms with Crippen LogP contribution in [0.3, 0.4) is 0 Å². The van der Waals surface area contributed by atoms with Crippen LogP contribution in [0.5, 0.6) is 0 Å². The fraction of sp³-hybridized carbons (Fsp3) is 0.364. The molecular weight excluding hydrogens is 180 g/mol. The molecule has 14 heavy (non-hydrogen) atoms. The van der Waals surface area contributed by atoms with Gasteiger partial charge in [0, 0.05) is 6.61 Å². The molecule has 0 amide bonds. The fourth-order valence-corrected chi connectivity index (χ4v) is 0.581. The van der Waals surface area contributed by atoms with Gasteiger partial charge in [0.05, 0.1) is 5.56 Å². The first-order chi connectivity index (χ1) is 6.57. The minimum atomic E-state index is -0.879. The number of aliphatic hydroxyl groups is 1. The summed E-state index contributed by atoms with van der Waals surface area (Å²) in [5.74, 6) is -0.439. The Morgan fingerprint density at radius 2 is 1.71 bits per heavy atom. The van der Waals surface area contributed by atoms with Crippen LogP contribution in [-0.2, 0) is 0 Å². The van der Waals surface area contributed by atoms with Crippen LogP contribution < -0.4 is 0 Å². The van der Waals surface area contributed by atoms with E-state index < -0.39 is 5.97 Å². The van der Waals surface area contributed by atoms with Gasteiger partial charge in [-0.2, -0.15) is 0 Å². The number of aromatic carboxylic acids is 1. The molecule has 1 aromatic carbocycles. The number of benzene rings is 1. The Hall–Kier alpha value is -1.35. The highest BCUT2D eigenvalue weighted by Crippen LogP contribution is 1.96. The summed E-state index contributed by atoms with van der Waals surface area (Å²) in [6.45, 7) is 4.25. The summed E-state index contributed by atoms with van der Waals surface area (Å²) in [6, 6.07) is 8.30. The lowest BCUT2D eigenvalue weighted by atomic mass is 10.2. The number of hydrogen-bond donors (Lipinski definition) is 2. The molecule has 3 nitrogen and oxygen atoms in total. The molecule has 0 atom stereocenters. The molecule has 1 rings (SSSR count). The van der Waals surface area contributed by atoms with Crippen molar-refractivity contribution in [1.82, 2.24) is 0 Å². The predicted octanol–water partition coefficient (Wildman–Crippen LogP) is 2.02. The third-order valence-electron chi connectivity index (χ3n) is 1.39. The number of rotatable bonds is 2. The van der Waals surface area contributed by atoms with E-state index in [1.807, 2.05) is 13.8 Å². The molecule has 0 saturated heterocycles. The van der Waals surface area contributed by atoms with Crippen molar-refractivity contribution in [2.75, 3.05) is 6.61 Å². The van der Waals surface area contributed by atoms with Gasteiger partial charge in [0.15, 0.2) is 0 Å². The largest absolute Gasteiger partial charge is 0.478 e. The van der Waals surface area contributed by atoms with Gasteiger partial charge in [0.1, 0.15) is 0 Å². The summed E-state index contributed by atoms with van der Waals surface area (Å²) in [7, 11) is 0. The van der Waals surface area contributed by atoms with Gasteiger partial charge < -0.3 is 10.2 Å². The Morgan fingerprint density at radius 1 is 1.29 bits per heavy atom. The normalized spacial score (nSPS) is 9.14. The van der Waals surface area contributed by atoms with Gasteiger partial charge in [-0.25, -0.2) is 4.79 Å². The van der Waals surface area contributed by atoms with E-state index in [0.29, 0.717) is 18.1 Å². The second-order valence-corrected chi connectivity index (χ2v) is 3.25. The molecule has 0 saturated carbocycles. The van der Waals surface area contributed by atoms with Crippen molar-refractivity contribution in [2.24, 2.45) is 5.92 Å². The first kappa shape index (κ1) is 12.7. The number of carboxylic acids is 1. The molecule has 0 fully saturated rings. The molecule has 2 N–H and O–H groups in total. The highest BCUT2D eigenvalue weighted by molar-refractivity contribution is 5.87. The van der Waals surface area contributed by atoms with Crippen molar-refractivity contribution in [2.45, 2.75) is 13.8 Å². The molecule has 0 aliphatic rings. The molecule has 0 bridgehead atoms. The fourth-order valence-electron chi connectivity index (χ4n) is 0.581. The van der Waals surface area contributed by atoms with Gasteiger partial charge in [-0.1, -0.05) is 32.0 Å². The first-order valence-electron chi connectivity index (χ1n) is 4.47. The van der Waals surface area contributed by atoms with Crippen LogP contribution in [0.25, 0.3) is 0 Å². The molecule has 1 aromatic rings. The van der Waals surface area contributed by atoms with E-state index in [2.05, 4.69) is 0 Å². The number of aliphatic hydroxyl groups excluding tert-OH is 1. The molecule has 0 heterocycles. The van der Waals surface area contributed by atoms with E-state index in [-0.39, 0.29) is 0 Å². The lowest BCUT2D eigenvalue weighted by molar-refractivity contribution is 0.0697. The summed E-state index contributed by atoms with van der Waals surface area (Å²) < 4.78 is 0. The van der Waals surface area contributed by atoms with Crippen molar-refractivity contribution in [3.8, 4) is 0 Å². The highest BCUT2D eigenvalue weighted by atomic mass is 16.4. The summed E-state index contributed by atoms with van der Waals surface area (Å²) in [5.41, 5.74) is 0.331. The molecule has 0 aliphatic carbocycles. The lowest BCUT2D eigenvalue weighted by Crippen LogP contribution is -1.93.